The highest BCUT2D eigenvalue weighted by atomic mass is 16.4. The van der Waals surface area contributed by atoms with Gasteiger partial charge in [0, 0.05) is 30.4 Å². The van der Waals surface area contributed by atoms with Gasteiger partial charge in [0.2, 0.25) is 0 Å². The van der Waals surface area contributed by atoms with E-state index in [1.807, 2.05) is 29.6 Å². The van der Waals surface area contributed by atoms with Gasteiger partial charge in [0.15, 0.2) is 0 Å². The number of nitrogens with zero attached hydrogens (tertiary/aromatic N) is 3. The summed E-state index contributed by atoms with van der Waals surface area (Å²) in [7, 11) is 0. The molecule has 0 radical (unpaired) electrons. The molecule has 1 aromatic heterocycles. The molecule has 96 valence electrons. The zero-order chi connectivity index (χ0) is 13.0. The van der Waals surface area contributed by atoms with Crippen molar-refractivity contribution in [2.45, 2.75) is 46.3 Å². The third-order valence-electron chi connectivity index (χ3n) is 2.64. The van der Waals surface area contributed by atoms with Gasteiger partial charge in [-0.15, -0.1) is 0 Å². The van der Waals surface area contributed by atoms with Crippen molar-refractivity contribution in [1.82, 2.24) is 14.7 Å². The van der Waals surface area contributed by atoms with Crippen LogP contribution in [0, 0.1) is 0 Å². The van der Waals surface area contributed by atoms with Crippen LogP contribution in [-0.2, 0) is 11.3 Å². The zero-order valence-corrected chi connectivity index (χ0v) is 10.9. The fraction of sp³-hybridized carbons (Fsp3) is 0.667. The van der Waals surface area contributed by atoms with Crippen molar-refractivity contribution in [3.8, 4) is 0 Å². The van der Waals surface area contributed by atoms with Gasteiger partial charge in [0.05, 0.1) is 12.7 Å². The summed E-state index contributed by atoms with van der Waals surface area (Å²) in [4.78, 5) is 12.7. The molecule has 17 heavy (non-hydrogen) atoms. The Morgan fingerprint density at radius 2 is 2.12 bits per heavy atom. The molecule has 0 saturated carbocycles. The number of hydrogen-bond acceptors (Lipinski definition) is 3. The van der Waals surface area contributed by atoms with E-state index in [1.54, 1.807) is 6.20 Å². The largest absolute Gasteiger partial charge is 0.480 e. The molecule has 0 aromatic carbocycles. The molecule has 0 aliphatic rings. The van der Waals surface area contributed by atoms with Crippen molar-refractivity contribution >= 4 is 5.97 Å². The van der Waals surface area contributed by atoms with E-state index in [4.69, 9.17) is 5.11 Å². The summed E-state index contributed by atoms with van der Waals surface area (Å²) in [6.45, 7) is 8.80. The highest BCUT2D eigenvalue weighted by molar-refractivity contribution is 5.69. The Morgan fingerprint density at radius 1 is 1.47 bits per heavy atom. The molecule has 0 atom stereocenters. The molecule has 1 rings (SSSR count). The number of aromatic nitrogens is 2. The van der Waals surface area contributed by atoms with Gasteiger partial charge < -0.3 is 5.11 Å². The number of carbonyl (C=O) groups is 1. The smallest absolute Gasteiger partial charge is 0.317 e. The van der Waals surface area contributed by atoms with E-state index in [2.05, 4.69) is 18.9 Å². The minimum Gasteiger partial charge on any atom is -0.480 e. The maximum absolute atomic E-state index is 10.8. The van der Waals surface area contributed by atoms with E-state index in [-0.39, 0.29) is 12.6 Å². The van der Waals surface area contributed by atoms with E-state index in [9.17, 15) is 4.79 Å². The van der Waals surface area contributed by atoms with E-state index in [0.717, 1.165) is 5.56 Å². The van der Waals surface area contributed by atoms with Gasteiger partial charge >= 0.3 is 5.97 Å². The Hall–Kier alpha value is -1.36. The number of hydrogen-bond donors (Lipinski definition) is 1. The average Bonchev–Trinajstić information content (AvgIpc) is 2.64. The van der Waals surface area contributed by atoms with Gasteiger partial charge in [-0.25, -0.2) is 0 Å². The molecule has 0 amide bonds. The Morgan fingerprint density at radius 3 is 2.53 bits per heavy atom. The lowest BCUT2D eigenvalue weighted by atomic mass is 10.2. The Labute approximate surface area is 102 Å². The van der Waals surface area contributed by atoms with Crippen LogP contribution < -0.4 is 0 Å². The summed E-state index contributed by atoms with van der Waals surface area (Å²) in [5, 5.41) is 13.1. The van der Waals surface area contributed by atoms with Gasteiger partial charge in [-0.3, -0.25) is 14.4 Å². The number of aliphatic carboxylic acids is 1. The third-order valence-corrected chi connectivity index (χ3v) is 2.64. The molecular formula is C12H21N3O2. The lowest BCUT2D eigenvalue weighted by Gasteiger charge is -2.23. The average molecular weight is 239 g/mol. The molecule has 0 aliphatic carbocycles. The molecule has 0 aliphatic heterocycles. The van der Waals surface area contributed by atoms with E-state index in [0.29, 0.717) is 12.6 Å². The Balaban J connectivity index is 2.68. The van der Waals surface area contributed by atoms with E-state index in [1.165, 1.54) is 0 Å². The fourth-order valence-corrected chi connectivity index (χ4v) is 1.57. The van der Waals surface area contributed by atoms with Crippen LogP contribution in [0.2, 0.25) is 0 Å². The molecule has 0 spiro atoms. The van der Waals surface area contributed by atoms with Crippen molar-refractivity contribution in [3.05, 3.63) is 18.0 Å². The molecule has 1 heterocycles. The van der Waals surface area contributed by atoms with Crippen LogP contribution in [0.1, 0.15) is 39.3 Å². The van der Waals surface area contributed by atoms with Crippen LogP contribution in [0.5, 0.6) is 0 Å². The molecular weight excluding hydrogens is 218 g/mol. The maximum atomic E-state index is 10.8. The normalized spacial score (nSPS) is 11.7. The van der Waals surface area contributed by atoms with Crippen molar-refractivity contribution in [2.24, 2.45) is 0 Å². The monoisotopic (exact) mass is 239 g/mol. The topological polar surface area (TPSA) is 58.4 Å². The Kier molecular flexibility index (Phi) is 4.69. The quantitative estimate of drug-likeness (QED) is 0.821. The maximum Gasteiger partial charge on any atom is 0.317 e. The fourth-order valence-electron chi connectivity index (χ4n) is 1.57. The van der Waals surface area contributed by atoms with E-state index >= 15 is 0 Å². The molecule has 0 bridgehead atoms. The zero-order valence-electron chi connectivity index (χ0n) is 10.9. The second-order valence-electron chi connectivity index (χ2n) is 4.81. The highest BCUT2D eigenvalue weighted by Gasteiger charge is 2.14. The molecule has 0 saturated heterocycles. The first kappa shape index (κ1) is 13.7. The lowest BCUT2D eigenvalue weighted by molar-refractivity contribution is -0.138. The van der Waals surface area contributed by atoms with Crippen molar-refractivity contribution in [2.75, 3.05) is 6.54 Å². The molecule has 1 aromatic rings. The minimum absolute atomic E-state index is 0.0600. The first-order chi connectivity index (χ1) is 7.90. The summed E-state index contributed by atoms with van der Waals surface area (Å²) >= 11 is 0. The SMILES string of the molecule is CC(C)N(CC(=O)O)Cc1cnn(C(C)C)c1. The summed E-state index contributed by atoms with van der Waals surface area (Å²) < 4.78 is 1.88. The first-order valence-corrected chi connectivity index (χ1v) is 5.89. The second-order valence-corrected chi connectivity index (χ2v) is 4.81. The van der Waals surface area contributed by atoms with Gasteiger partial charge in [-0.1, -0.05) is 0 Å². The summed E-state index contributed by atoms with van der Waals surface area (Å²) in [5.74, 6) is -0.796. The minimum atomic E-state index is -0.796. The van der Waals surface area contributed by atoms with Crippen LogP contribution in [0.3, 0.4) is 0 Å². The number of rotatable bonds is 6. The summed E-state index contributed by atoms with van der Waals surface area (Å²) in [6.07, 6.45) is 3.78. The number of carboxylic acids is 1. The van der Waals surface area contributed by atoms with Crippen LogP contribution in [0.4, 0.5) is 0 Å². The summed E-state index contributed by atoms with van der Waals surface area (Å²) in [6, 6.07) is 0.532. The van der Waals surface area contributed by atoms with Crippen LogP contribution >= 0.6 is 0 Å². The molecule has 0 unspecified atom stereocenters. The van der Waals surface area contributed by atoms with Gasteiger partial charge in [0.25, 0.3) is 0 Å². The molecule has 5 nitrogen and oxygen atoms in total. The first-order valence-electron chi connectivity index (χ1n) is 5.89. The van der Waals surface area contributed by atoms with Crippen LogP contribution in [0.25, 0.3) is 0 Å². The predicted molar refractivity (Wildman–Crippen MR) is 65.8 cm³/mol. The van der Waals surface area contributed by atoms with Crippen molar-refractivity contribution in [1.29, 1.82) is 0 Å². The van der Waals surface area contributed by atoms with E-state index < -0.39 is 5.97 Å². The van der Waals surface area contributed by atoms with Crippen molar-refractivity contribution in [3.63, 3.8) is 0 Å². The van der Waals surface area contributed by atoms with Gasteiger partial charge in [-0.05, 0) is 27.7 Å². The van der Waals surface area contributed by atoms with Crippen molar-refractivity contribution < 1.29 is 9.90 Å². The molecule has 0 fully saturated rings. The number of carboxylic acid groups (broad SMARTS) is 1. The highest BCUT2D eigenvalue weighted by Crippen LogP contribution is 2.10. The standard InChI is InChI=1S/C12H21N3O2/c1-9(2)14(8-12(16)17)6-11-5-13-15(7-11)10(3)4/h5,7,9-10H,6,8H2,1-4H3,(H,16,17). The molecule has 1 N–H and O–H groups in total. The Bertz CT molecular complexity index is 372. The third kappa shape index (κ3) is 4.19. The predicted octanol–water partition coefficient (Wildman–Crippen LogP) is 1.76. The van der Waals surface area contributed by atoms with Crippen LogP contribution in [-0.4, -0.2) is 38.3 Å². The van der Waals surface area contributed by atoms with Crippen LogP contribution in [0.15, 0.2) is 12.4 Å². The lowest BCUT2D eigenvalue weighted by Crippen LogP contribution is -2.34. The summed E-state index contributed by atoms with van der Waals surface area (Å²) in [5.41, 5.74) is 1.05. The van der Waals surface area contributed by atoms with Gasteiger partial charge in [-0.2, -0.15) is 5.10 Å². The molecule has 5 heteroatoms. The second kappa shape index (κ2) is 5.82. The van der Waals surface area contributed by atoms with Gasteiger partial charge in [0.1, 0.15) is 0 Å².